The number of hydrogen-bond donors (Lipinski definition) is 3. The van der Waals surface area contributed by atoms with Crippen molar-refractivity contribution in [2.45, 2.75) is 30.7 Å². The Morgan fingerprint density at radius 1 is 1.46 bits per heavy atom. The number of urea groups is 1. The Labute approximate surface area is 138 Å². The molecule has 0 aromatic carbocycles. The molecular formula is C12H19N4O7P. The summed E-state index contributed by atoms with van der Waals surface area (Å²) in [5, 5.41) is 12.0. The molecule has 0 saturated carbocycles. The molecule has 3 N–H and O–H groups in total. The predicted octanol–water partition coefficient (Wildman–Crippen LogP) is -0.957. The number of fused-ring (bicyclic) bond motifs is 1. The second kappa shape index (κ2) is 6.43. The average molecular weight is 362 g/mol. The van der Waals surface area contributed by atoms with E-state index in [9.17, 15) is 19.4 Å². The van der Waals surface area contributed by atoms with Gasteiger partial charge in [-0.15, -0.1) is 0 Å². The molecule has 0 aliphatic carbocycles. The molecule has 0 spiro atoms. The van der Waals surface area contributed by atoms with E-state index < -0.39 is 51.2 Å². The minimum absolute atomic E-state index is 0.435. The monoisotopic (exact) mass is 362 g/mol. The van der Waals surface area contributed by atoms with E-state index in [2.05, 4.69) is 10.3 Å². The van der Waals surface area contributed by atoms with Crippen LogP contribution in [-0.2, 0) is 18.3 Å². The van der Waals surface area contributed by atoms with Crippen LogP contribution in [0.5, 0.6) is 0 Å². The van der Waals surface area contributed by atoms with Crippen molar-refractivity contribution in [3.05, 3.63) is 12.3 Å². The van der Waals surface area contributed by atoms with Gasteiger partial charge >= 0.3 is 13.9 Å². The van der Waals surface area contributed by atoms with E-state index in [4.69, 9.17) is 13.8 Å². The smallest absolute Gasteiger partial charge is 0.394 e. The fourth-order valence-corrected chi connectivity index (χ4v) is 3.78. The zero-order valence-electron chi connectivity index (χ0n) is 13.1. The first kappa shape index (κ1) is 17.3. The lowest BCUT2D eigenvalue weighted by atomic mass is 10.1. The van der Waals surface area contributed by atoms with Gasteiger partial charge in [-0.2, -0.15) is 0 Å². The topological polar surface area (TPSA) is 133 Å². The molecule has 3 heterocycles. The molecule has 6 atom stereocenters. The maximum atomic E-state index is 12.3. The highest BCUT2D eigenvalue weighted by Crippen LogP contribution is 2.57. The van der Waals surface area contributed by atoms with Gasteiger partial charge in [0.2, 0.25) is 0 Å². The van der Waals surface area contributed by atoms with Crippen LogP contribution in [-0.4, -0.2) is 83.6 Å². The number of carbonyl (C=O) groups excluding carboxylic acids is 1. The number of phosphoric acid groups is 1. The van der Waals surface area contributed by atoms with E-state index in [0.29, 0.717) is 0 Å². The molecule has 12 heteroatoms. The van der Waals surface area contributed by atoms with Crippen LogP contribution in [0.1, 0.15) is 0 Å². The third-order valence-corrected chi connectivity index (χ3v) is 4.66. The van der Waals surface area contributed by atoms with Crippen LogP contribution in [0.15, 0.2) is 17.3 Å². The number of aliphatic hydroxyl groups excluding tert-OH is 1. The number of aliphatic imine (C=N–C) groups is 1. The van der Waals surface area contributed by atoms with Crippen molar-refractivity contribution in [3.8, 4) is 0 Å². The van der Waals surface area contributed by atoms with E-state index in [1.165, 1.54) is 11.1 Å². The number of nitrogens with one attached hydrogen (secondary N) is 1. The van der Waals surface area contributed by atoms with E-state index in [0.717, 1.165) is 0 Å². The van der Waals surface area contributed by atoms with Gasteiger partial charge in [0.15, 0.2) is 6.23 Å². The van der Waals surface area contributed by atoms with Gasteiger partial charge in [0, 0.05) is 20.3 Å². The van der Waals surface area contributed by atoms with Gasteiger partial charge in [0.05, 0.1) is 12.9 Å². The van der Waals surface area contributed by atoms with Gasteiger partial charge in [-0.1, -0.05) is 0 Å². The average Bonchev–Trinajstić information content (AvgIpc) is 2.98. The van der Waals surface area contributed by atoms with Crippen molar-refractivity contribution >= 4 is 20.2 Å². The lowest BCUT2D eigenvalue weighted by Crippen LogP contribution is -2.52. The highest BCUT2D eigenvalue weighted by atomic mass is 31.2. The van der Waals surface area contributed by atoms with Crippen LogP contribution < -0.4 is 5.32 Å². The zero-order valence-corrected chi connectivity index (χ0v) is 13.9. The summed E-state index contributed by atoms with van der Waals surface area (Å²) >= 11 is 0. The Morgan fingerprint density at radius 3 is 2.79 bits per heavy atom. The first-order chi connectivity index (χ1) is 11.3. The van der Waals surface area contributed by atoms with Gasteiger partial charge in [-0.3, -0.25) is 13.9 Å². The molecule has 2 saturated heterocycles. The minimum atomic E-state index is -4.22. The largest absolute Gasteiger partial charge is 0.473 e. The molecule has 0 aromatic rings. The normalized spacial score (nSPS) is 41.8. The Bertz CT molecular complexity index is 612. The van der Waals surface area contributed by atoms with Crippen LogP contribution >= 0.6 is 7.82 Å². The molecule has 24 heavy (non-hydrogen) atoms. The Balaban J connectivity index is 1.76. The molecule has 3 aliphatic heterocycles. The van der Waals surface area contributed by atoms with Gasteiger partial charge in [0.25, 0.3) is 0 Å². The third-order valence-electron chi connectivity index (χ3n) is 3.64. The molecule has 4 unspecified atom stereocenters. The summed E-state index contributed by atoms with van der Waals surface area (Å²) in [6.45, 7) is -0.435. The van der Waals surface area contributed by atoms with Crippen molar-refractivity contribution in [1.29, 1.82) is 0 Å². The van der Waals surface area contributed by atoms with Crippen LogP contribution in [0.25, 0.3) is 0 Å². The molecular weight excluding hydrogens is 343 g/mol. The lowest BCUT2D eigenvalue weighted by Gasteiger charge is -2.31. The van der Waals surface area contributed by atoms with E-state index in [1.807, 2.05) is 0 Å². The maximum absolute atomic E-state index is 12.3. The Hall–Kier alpha value is -1.49. The zero-order chi connectivity index (χ0) is 17.5. The van der Waals surface area contributed by atoms with Crippen LogP contribution in [0.3, 0.4) is 0 Å². The summed E-state index contributed by atoms with van der Waals surface area (Å²) in [6.07, 6.45) is 0.342. The highest BCUT2D eigenvalue weighted by Gasteiger charge is 2.59. The number of aliphatic hydroxyl groups is 1. The molecule has 2 amide bonds. The Kier molecular flexibility index (Phi) is 4.65. The number of nitrogens with zero attached hydrogens (tertiary/aromatic N) is 3. The van der Waals surface area contributed by atoms with E-state index in [-0.39, 0.29) is 0 Å². The second-order valence-corrected chi connectivity index (χ2v) is 7.09. The number of carbonyl (C=O) groups is 1. The number of amides is 2. The van der Waals surface area contributed by atoms with Gasteiger partial charge in [0.1, 0.15) is 24.5 Å². The molecule has 134 valence electrons. The van der Waals surface area contributed by atoms with Crippen molar-refractivity contribution in [3.63, 3.8) is 0 Å². The predicted molar refractivity (Wildman–Crippen MR) is 80.8 cm³/mol. The summed E-state index contributed by atoms with van der Waals surface area (Å²) in [5.41, 5.74) is 0. The number of ether oxygens (including phenoxy) is 1. The molecule has 3 rings (SSSR count). The molecule has 3 aliphatic rings. The van der Waals surface area contributed by atoms with Crippen molar-refractivity contribution in [2.24, 2.45) is 4.99 Å². The summed E-state index contributed by atoms with van der Waals surface area (Å²) in [7, 11) is -0.612. The quantitative estimate of drug-likeness (QED) is 0.331. The standard InChI is InChI=1S/C12H19N4O7P/c1-15(2)6-13-8-3-4-16(12(18)14-8)11-10-9(7(5-17)21-11)22-24(19,20)23-10/h3-4,6-11,17H,5H2,1-2H3,(H,14,18)(H,19,20)/b13-6-/t7-,8?,9?,10?,11-/m1/s1. The fourth-order valence-electron chi connectivity index (χ4n) is 2.63. The molecule has 0 bridgehead atoms. The van der Waals surface area contributed by atoms with Gasteiger partial charge in [-0.25, -0.2) is 14.4 Å². The summed E-state index contributed by atoms with van der Waals surface area (Å²) in [4.78, 5) is 28.8. The lowest BCUT2D eigenvalue weighted by molar-refractivity contribution is -0.0719. The first-order valence-electron chi connectivity index (χ1n) is 7.23. The number of hydrogen-bond acceptors (Lipinski definition) is 7. The van der Waals surface area contributed by atoms with Crippen LogP contribution in [0.4, 0.5) is 4.79 Å². The highest BCUT2D eigenvalue weighted by molar-refractivity contribution is 7.47. The van der Waals surface area contributed by atoms with Crippen LogP contribution in [0.2, 0.25) is 0 Å². The molecule has 0 aromatic heterocycles. The number of phosphoric ester groups is 1. The maximum Gasteiger partial charge on any atom is 0.473 e. The minimum Gasteiger partial charge on any atom is -0.394 e. The van der Waals surface area contributed by atoms with E-state index in [1.54, 1.807) is 31.4 Å². The van der Waals surface area contributed by atoms with E-state index >= 15 is 0 Å². The summed E-state index contributed by atoms with van der Waals surface area (Å²) in [6, 6.07) is -0.510. The second-order valence-electron chi connectivity index (χ2n) is 5.73. The van der Waals surface area contributed by atoms with Crippen LogP contribution in [0, 0.1) is 0 Å². The number of rotatable bonds is 4. The SMILES string of the molecule is CN(C)/C=N\C1C=CN([C@@H]2O[C@H](CO)C3OP(=O)(O)OC32)C(=O)N1. The van der Waals surface area contributed by atoms with Crippen molar-refractivity contribution in [1.82, 2.24) is 15.1 Å². The third kappa shape index (κ3) is 3.32. The summed E-state index contributed by atoms with van der Waals surface area (Å²) in [5.74, 6) is 0. The fraction of sp³-hybridized carbons (Fsp3) is 0.667. The molecule has 2 fully saturated rings. The van der Waals surface area contributed by atoms with Gasteiger partial charge < -0.3 is 25.0 Å². The van der Waals surface area contributed by atoms with Crippen molar-refractivity contribution < 1.29 is 33.1 Å². The first-order valence-corrected chi connectivity index (χ1v) is 8.73. The molecule has 0 radical (unpaired) electrons. The Morgan fingerprint density at radius 2 is 2.17 bits per heavy atom. The van der Waals surface area contributed by atoms with Gasteiger partial charge in [-0.05, 0) is 6.08 Å². The summed E-state index contributed by atoms with van der Waals surface area (Å²) < 4.78 is 27.1. The van der Waals surface area contributed by atoms with Crippen molar-refractivity contribution in [2.75, 3.05) is 20.7 Å². The molecule has 11 nitrogen and oxygen atoms in total.